The van der Waals surface area contributed by atoms with Gasteiger partial charge in [0.1, 0.15) is 17.4 Å². The summed E-state index contributed by atoms with van der Waals surface area (Å²) in [7, 11) is 0. The molecule has 2 aromatic rings. The Labute approximate surface area is 126 Å². The van der Waals surface area contributed by atoms with Crippen LogP contribution in [0.5, 0.6) is 5.75 Å². The molecule has 3 rings (SSSR count). The van der Waals surface area contributed by atoms with E-state index in [9.17, 15) is 8.78 Å². The summed E-state index contributed by atoms with van der Waals surface area (Å²) in [6, 6.07) is 10.1. The minimum atomic E-state index is -0.599. The highest BCUT2D eigenvalue weighted by Crippen LogP contribution is 2.38. The number of fused-ring (bicyclic) bond motifs is 1. The number of hydrogen-bond donors (Lipinski definition) is 1. The molecule has 1 unspecified atom stereocenters. The number of hydrogen-bond acceptors (Lipinski definition) is 3. The first-order valence-corrected chi connectivity index (χ1v) is 7.73. The van der Waals surface area contributed by atoms with Crippen molar-refractivity contribution in [3.05, 3.63) is 53.6 Å². The van der Waals surface area contributed by atoms with Gasteiger partial charge < -0.3 is 10.5 Å². The summed E-state index contributed by atoms with van der Waals surface area (Å²) >= 11 is 1.19. The van der Waals surface area contributed by atoms with Gasteiger partial charge in [-0.1, -0.05) is 18.2 Å². The van der Waals surface area contributed by atoms with Crippen molar-refractivity contribution in [1.82, 2.24) is 0 Å². The maximum atomic E-state index is 13.8. The van der Waals surface area contributed by atoms with E-state index in [1.807, 2.05) is 24.3 Å². The molecular weight excluding hydrogens is 292 g/mol. The highest BCUT2D eigenvalue weighted by Gasteiger charge is 2.22. The summed E-state index contributed by atoms with van der Waals surface area (Å²) < 4.78 is 33.2. The fourth-order valence-electron chi connectivity index (χ4n) is 2.49. The average molecular weight is 307 g/mol. The van der Waals surface area contributed by atoms with Crippen molar-refractivity contribution in [3.63, 3.8) is 0 Å². The molecular formula is C16H15F2NOS. The lowest BCUT2D eigenvalue weighted by atomic mass is 9.95. The largest absolute Gasteiger partial charge is 0.493 e. The highest BCUT2D eigenvalue weighted by molar-refractivity contribution is 7.99. The van der Waals surface area contributed by atoms with E-state index < -0.39 is 11.6 Å². The number of para-hydroxylation sites is 1. The molecule has 0 amide bonds. The lowest BCUT2D eigenvalue weighted by molar-refractivity contribution is 0.273. The Morgan fingerprint density at radius 2 is 1.90 bits per heavy atom. The predicted octanol–water partition coefficient (Wildman–Crippen LogP) is 4.21. The molecule has 110 valence electrons. The van der Waals surface area contributed by atoms with Gasteiger partial charge in [-0.25, -0.2) is 8.78 Å². The Morgan fingerprint density at radius 3 is 2.67 bits per heavy atom. The zero-order valence-corrected chi connectivity index (χ0v) is 12.1. The number of anilines is 1. The van der Waals surface area contributed by atoms with Gasteiger partial charge in [-0.3, -0.25) is 0 Å². The molecule has 0 radical (unpaired) electrons. The second-order valence-electron chi connectivity index (χ2n) is 5.00. The van der Waals surface area contributed by atoms with Gasteiger partial charge in [-0.2, -0.15) is 0 Å². The number of halogens is 2. The van der Waals surface area contributed by atoms with E-state index in [1.54, 1.807) is 0 Å². The second-order valence-corrected chi connectivity index (χ2v) is 6.03. The van der Waals surface area contributed by atoms with Crippen molar-refractivity contribution >= 4 is 17.4 Å². The quantitative estimate of drug-likeness (QED) is 0.681. The van der Waals surface area contributed by atoms with E-state index in [-0.39, 0.29) is 16.5 Å². The van der Waals surface area contributed by atoms with Gasteiger partial charge in [0.15, 0.2) is 0 Å². The van der Waals surface area contributed by atoms with Crippen LogP contribution in [-0.2, 0) is 0 Å². The van der Waals surface area contributed by atoms with E-state index in [0.717, 1.165) is 29.9 Å². The van der Waals surface area contributed by atoms with Crippen molar-refractivity contribution in [3.8, 4) is 5.75 Å². The molecule has 1 atom stereocenters. The smallest absolute Gasteiger partial charge is 0.141 e. The standard InChI is InChI=1S/C16H15F2NOS/c17-13-7-11(19)8-14(18)16(13)21-9-10-5-6-20-15-4-2-1-3-12(10)15/h1-4,7-8,10H,5-6,9,19H2. The first kappa shape index (κ1) is 14.2. The lowest BCUT2D eigenvalue weighted by Gasteiger charge is -2.25. The lowest BCUT2D eigenvalue weighted by Crippen LogP contribution is -2.15. The Bertz CT molecular complexity index is 639. The molecule has 1 heterocycles. The zero-order valence-electron chi connectivity index (χ0n) is 11.3. The number of nitrogens with two attached hydrogens (primary N) is 1. The SMILES string of the molecule is Nc1cc(F)c(SCC2CCOc3ccccc32)c(F)c1. The van der Waals surface area contributed by atoms with Gasteiger partial charge in [-0.05, 0) is 30.2 Å². The first-order valence-electron chi connectivity index (χ1n) is 6.74. The maximum Gasteiger partial charge on any atom is 0.141 e. The molecule has 5 heteroatoms. The maximum absolute atomic E-state index is 13.8. The summed E-state index contributed by atoms with van der Waals surface area (Å²) in [6.07, 6.45) is 0.849. The summed E-state index contributed by atoms with van der Waals surface area (Å²) in [5, 5.41) is 0. The van der Waals surface area contributed by atoms with Crippen LogP contribution >= 0.6 is 11.8 Å². The third-order valence-corrected chi connectivity index (χ3v) is 4.78. The first-order chi connectivity index (χ1) is 10.1. The van der Waals surface area contributed by atoms with Crippen LogP contribution in [0.1, 0.15) is 17.9 Å². The van der Waals surface area contributed by atoms with Crippen molar-refractivity contribution < 1.29 is 13.5 Å². The second kappa shape index (κ2) is 5.93. The highest BCUT2D eigenvalue weighted by atomic mass is 32.2. The Balaban J connectivity index is 1.78. The topological polar surface area (TPSA) is 35.2 Å². The molecule has 0 aromatic heterocycles. The molecule has 21 heavy (non-hydrogen) atoms. The van der Waals surface area contributed by atoms with E-state index in [4.69, 9.17) is 10.5 Å². The summed E-state index contributed by atoms with van der Waals surface area (Å²) in [6.45, 7) is 0.634. The van der Waals surface area contributed by atoms with E-state index in [0.29, 0.717) is 12.4 Å². The number of benzene rings is 2. The molecule has 0 saturated heterocycles. The Kier molecular flexibility index (Phi) is 4.01. The Morgan fingerprint density at radius 1 is 1.19 bits per heavy atom. The van der Waals surface area contributed by atoms with Gasteiger partial charge in [0.25, 0.3) is 0 Å². The van der Waals surface area contributed by atoms with Crippen LogP contribution in [0, 0.1) is 11.6 Å². The number of ether oxygens (including phenoxy) is 1. The van der Waals surface area contributed by atoms with Gasteiger partial charge in [-0.15, -0.1) is 11.8 Å². The molecule has 0 fully saturated rings. The average Bonchev–Trinajstić information content (AvgIpc) is 2.46. The van der Waals surface area contributed by atoms with Gasteiger partial charge in [0.2, 0.25) is 0 Å². The van der Waals surface area contributed by atoms with E-state index >= 15 is 0 Å². The number of thioether (sulfide) groups is 1. The van der Waals surface area contributed by atoms with E-state index in [2.05, 4.69) is 0 Å². The summed E-state index contributed by atoms with van der Waals surface area (Å²) in [5.74, 6) is 0.512. The van der Waals surface area contributed by atoms with Crippen molar-refractivity contribution in [2.24, 2.45) is 0 Å². The van der Waals surface area contributed by atoms with Gasteiger partial charge >= 0.3 is 0 Å². The third-order valence-electron chi connectivity index (χ3n) is 3.53. The van der Waals surface area contributed by atoms with Gasteiger partial charge in [0, 0.05) is 17.4 Å². The normalized spacial score (nSPS) is 17.1. The molecule has 1 aliphatic rings. The monoisotopic (exact) mass is 307 g/mol. The minimum absolute atomic E-state index is 0.0353. The molecule has 2 aromatic carbocycles. The van der Waals surface area contributed by atoms with Crippen molar-refractivity contribution in [2.75, 3.05) is 18.1 Å². The van der Waals surface area contributed by atoms with Gasteiger partial charge in [0.05, 0.1) is 11.5 Å². The predicted molar refractivity (Wildman–Crippen MR) is 80.8 cm³/mol. The Hall–Kier alpha value is -1.75. The van der Waals surface area contributed by atoms with E-state index in [1.165, 1.54) is 11.8 Å². The van der Waals surface area contributed by atoms with Crippen molar-refractivity contribution in [2.45, 2.75) is 17.2 Å². The zero-order chi connectivity index (χ0) is 14.8. The molecule has 1 aliphatic heterocycles. The fourth-order valence-corrected chi connectivity index (χ4v) is 3.60. The minimum Gasteiger partial charge on any atom is -0.493 e. The van der Waals surface area contributed by atoms with Crippen molar-refractivity contribution in [1.29, 1.82) is 0 Å². The van der Waals surface area contributed by atoms with Crippen LogP contribution in [0.25, 0.3) is 0 Å². The molecule has 2 N–H and O–H groups in total. The summed E-state index contributed by atoms with van der Waals surface area (Å²) in [5.41, 5.74) is 6.63. The molecule has 0 spiro atoms. The molecule has 2 nitrogen and oxygen atoms in total. The third kappa shape index (κ3) is 2.97. The molecule has 0 saturated carbocycles. The summed E-state index contributed by atoms with van der Waals surface area (Å²) in [4.78, 5) is 0.0353. The number of rotatable bonds is 3. The molecule has 0 aliphatic carbocycles. The van der Waals surface area contributed by atoms with Crippen LogP contribution in [0.15, 0.2) is 41.3 Å². The van der Waals surface area contributed by atoms with Crippen LogP contribution in [0.2, 0.25) is 0 Å². The van der Waals surface area contributed by atoms with Crippen LogP contribution < -0.4 is 10.5 Å². The van der Waals surface area contributed by atoms with Crippen LogP contribution in [-0.4, -0.2) is 12.4 Å². The number of nitrogen functional groups attached to an aromatic ring is 1. The fraction of sp³-hybridized carbons (Fsp3) is 0.250. The van der Waals surface area contributed by atoms with Crippen LogP contribution in [0.4, 0.5) is 14.5 Å². The molecule has 0 bridgehead atoms. The van der Waals surface area contributed by atoms with Crippen LogP contribution in [0.3, 0.4) is 0 Å².